The minimum Gasteiger partial charge on any atom is -0.376 e. The quantitative estimate of drug-likeness (QED) is 0.555. The van der Waals surface area contributed by atoms with Gasteiger partial charge in [-0.1, -0.05) is 29.8 Å². The van der Waals surface area contributed by atoms with Crippen molar-refractivity contribution in [3.8, 4) is 10.6 Å². The van der Waals surface area contributed by atoms with Crippen LogP contribution in [0, 0.1) is 0 Å². The Hall–Kier alpha value is -2.46. The van der Waals surface area contributed by atoms with E-state index in [2.05, 4.69) is 10.3 Å². The molecule has 0 unspecified atom stereocenters. The van der Waals surface area contributed by atoms with Crippen LogP contribution in [0.3, 0.4) is 0 Å². The molecule has 1 amide bonds. The maximum Gasteiger partial charge on any atom is 0.242 e. The molecule has 0 fully saturated rings. The SMILES string of the molecule is CN(C)c1ccc(S(=O)(=O)N(C)C)cc1NC(=O)Cc1csc(-c2ccccc2Cl)n1. The average molecular weight is 479 g/mol. The molecule has 0 radical (unpaired) electrons. The molecule has 0 aliphatic heterocycles. The first-order valence-electron chi connectivity index (χ1n) is 9.32. The molecule has 0 spiro atoms. The van der Waals surface area contributed by atoms with Gasteiger partial charge in [-0.15, -0.1) is 11.3 Å². The number of halogens is 1. The number of aromatic nitrogens is 1. The van der Waals surface area contributed by atoms with Crippen molar-refractivity contribution in [3.63, 3.8) is 0 Å². The van der Waals surface area contributed by atoms with Crippen molar-refractivity contribution < 1.29 is 13.2 Å². The summed E-state index contributed by atoms with van der Waals surface area (Å²) in [5.74, 6) is -0.293. The van der Waals surface area contributed by atoms with Gasteiger partial charge in [0.1, 0.15) is 5.01 Å². The predicted molar refractivity (Wildman–Crippen MR) is 127 cm³/mol. The van der Waals surface area contributed by atoms with Crippen LogP contribution in [-0.2, 0) is 21.2 Å². The first kappa shape index (κ1) is 23.2. The zero-order chi connectivity index (χ0) is 22.8. The van der Waals surface area contributed by atoms with Crippen molar-refractivity contribution in [2.75, 3.05) is 38.4 Å². The number of nitrogens with zero attached hydrogens (tertiary/aromatic N) is 3. The lowest BCUT2D eigenvalue weighted by molar-refractivity contribution is -0.115. The van der Waals surface area contributed by atoms with Gasteiger partial charge in [0, 0.05) is 39.1 Å². The highest BCUT2D eigenvalue weighted by Crippen LogP contribution is 2.31. The van der Waals surface area contributed by atoms with Crippen LogP contribution < -0.4 is 10.2 Å². The third-order valence-corrected chi connectivity index (χ3v) is 7.57. The second-order valence-corrected chi connectivity index (χ2v) is 10.6. The number of amides is 1. The van der Waals surface area contributed by atoms with Crippen LogP contribution in [0.4, 0.5) is 11.4 Å². The second kappa shape index (κ2) is 9.35. The Morgan fingerprint density at radius 3 is 2.48 bits per heavy atom. The molecule has 0 atom stereocenters. The van der Waals surface area contributed by atoms with Gasteiger partial charge < -0.3 is 10.2 Å². The number of nitrogens with one attached hydrogen (secondary N) is 1. The monoisotopic (exact) mass is 478 g/mol. The third-order valence-electron chi connectivity index (χ3n) is 4.50. The largest absolute Gasteiger partial charge is 0.376 e. The summed E-state index contributed by atoms with van der Waals surface area (Å²) < 4.78 is 26.1. The molecule has 3 rings (SSSR count). The average Bonchev–Trinajstić information content (AvgIpc) is 3.15. The maximum atomic E-state index is 12.7. The molecule has 0 aliphatic carbocycles. The molecule has 3 aromatic rings. The lowest BCUT2D eigenvalue weighted by Gasteiger charge is -2.20. The van der Waals surface area contributed by atoms with E-state index in [0.29, 0.717) is 22.1 Å². The van der Waals surface area contributed by atoms with E-state index in [1.54, 1.807) is 17.0 Å². The smallest absolute Gasteiger partial charge is 0.242 e. The number of sulfonamides is 1. The van der Waals surface area contributed by atoms with Crippen molar-refractivity contribution in [2.45, 2.75) is 11.3 Å². The van der Waals surface area contributed by atoms with Crippen LogP contribution in [0.2, 0.25) is 5.02 Å². The Morgan fingerprint density at radius 1 is 1.13 bits per heavy atom. The summed E-state index contributed by atoms with van der Waals surface area (Å²) in [4.78, 5) is 19.1. The molecule has 164 valence electrons. The Morgan fingerprint density at radius 2 is 1.84 bits per heavy atom. The number of rotatable bonds is 7. The Kier molecular flexibility index (Phi) is 7.00. The molecular formula is C21H23ClN4O3S2. The normalized spacial score (nSPS) is 11.5. The molecular weight excluding hydrogens is 456 g/mol. The number of benzene rings is 2. The first-order valence-corrected chi connectivity index (χ1v) is 12.0. The highest BCUT2D eigenvalue weighted by atomic mass is 35.5. The van der Waals surface area contributed by atoms with E-state index in [9.17, 15) is 13.2 Å². The Bertz CT molecular complexity index is 1210. The summed E-state index contributed by atoms with van der Waals surface area (Å²) >= 11 is 7.65. The minimum absolute atomic E-state index is 0.0540. The number of thiazole rings is 1. The van der Waals surface area contributed by atoms with Gasteiger partial charge in [0.2, 0.25) is 15.9 Å². The van der Waals surface area contributed by atoms with Gasteiger partial charge in [0.25, 0.3) is 0 Å². The van der Waals surface area contributed by atoms with Crippen LogP contribution in [0.25, 0.3) is 10.6 Å². The van der Waals surface area contributed by atoms with Crippen LogP contribution in [0.1, 0.15) is 5.69 Å². The number of carbonyl (C=O) groups excluding carboxylic acids is 1. The Balaban J connectivity index is 1.82. The van der Waals surface area contributed by atoms with Gasteiger partial charge in [-0.2, -0.15) is 0 Å². The van der Waals surface area contributed by atoms with E-state index >= 15 is 0 Å². The van der Waals surface area contributed by atoms with Gasteiger partial charge in [-0.05, 0) is 24.3 Å². The van der Waals surface area contributed by atoms with Gasteiger partial charge in [-0.25, -0.2) is 17.7 Å². The van der Waals surface area contributed by atoms with E-state index in [0.717, 1.165) is 14.9 Å². The van der Waals surface area contributed by atoms with E-state index in [1.807, 2.05) is 37.7 Å². The number of anilines is 2. The minimum atomic E-state index is -3.63. The molecule has 7 nitrogen and oxygen atoms in total. The standard InChI is InChI=1S/C21H23ClN4O3S2/c1-25(2)19-10-9-15(31(28,29)26(3)4)12-18(19)24-20(27)11-14-13-30-21(23-14)16-7-5-6-8-17(16)22/h5-10,12-13H,11H2,1-4H3,(H,24,27). The molecule has 2 aromatic carbocycles. The molecule has 1 N–H and O–H groups in total. The van der Waals surface area contributed by atoms with E-state index in [-0.39, 0.29) is 17.2 Å². The summed E-state index contributed by atoms with van der Waals surface area (Å²) in [6, 6.07) is 12.1. The summed E-state index contributed by atoms with van der Waals surface area (Å²) in [6.45, 7) is 0. The fraction of sp³-hybridized carbons (Fsp3) is 0.238. The number of hydrogen-bond acceptors (Lipinski definition) is 6. The number of hydrogen-bond donors (Lipinski definition) is 1. The zero-order valence-corrected chi connectivity index (χ0v) is 20.0. The summed E-state index contributed by atoms with van der Waals surface area (Å²) in [7, 11) is 2.94. The zero-order valence-electron chi connectivity index (χ0n) is 17.6. The van der Waals surface area contributed by atoms with Crippen LogP contribution >= 0.6 is 22.9 Å². The fourth-order valence-corrected chi connectivity index (χ4v) is 4.95. The summed E-state index contributed by atoms with van der Waals surface area (Å²) in [6.07, 6.45) is 0.0540. The van der Waals surface area contributed by atoms with Gasteiger partial charge in [0.15, 0.2) is 0 Å². The van der Waals surface area contributed by atoms with E-state index < -0.39 is 10.0 Å². The van der Waals surface area contributed by atoms with Crippen LogP contribution in [0.15, 0.2) is 52.7 Å². The molecule has 1 heterocycles. The Labute approximate surface area is 191 Å². The fourth-order valence-electron chi connectivity index (χ4n) is 2.88. The third kappa shape index (κ3) is 5.24. The van der Waals surface area contributed by atoms with Crippen molar-refractivity contribution >= 4 is 50.2 Å². The molecule has 10 heteroatoms. The maximum absolute atomic E-state index is 12.7. The van der Waals surface area contributed by atoms with Crippen molar-refractivity contribution in [3.05, 3.63) is 58.6 Å². The van der Waals surface area contributed by atoms with Crippen molar-refractivity contribution in [2.24, 2.45) is 0 Å². The highest BCUT2D eigenvalue weighted by Gasteiger charge is 2.20. The summed E-state index contributed by atoms with van der Waals surface area (Å²) in [5.41, 5.74) is 2.54. The lowest BCUT2D eigenvalue weighted by atomic mass is 10.2. The molecule has 31 heavy (non-hydrogen) atoms. The summed E-state index contributed by atoms with van der Waals surface area (Å²) in [5, 5.41) is 5.98. The van der Waals surface area contributed by atoms with E-state index in [1.165, 1.54) is 37.6 Å². The van der Waals surface area contributed by atoms with Crippen molar-refractivity contribution in [1.82, 2.24) is 9.29 Å². The molecule has 0 saturated heterocycles. The topological polar surface area (TPSA) is 82.6 Å². The first-order chi connectivity index (χ1) is 14.6. The van der Waals surface area contributed by atoms with Crippen molar-refractivity contribution in [1.29, 1.82) is 0 Å². The molecule has 0 aliphatic rings. The molecule has 0 saturated carbocycles. The predicted octanol–water partition coefficient (Wildman–Crippen LogP) is 3.96. The van der Waals surface area contributed by atoms with Crippen LogP contribution in [0.5, 0.6) is 0 Å². The van der Waals surface area contributed by atoms with Gasteiger partial charge >= 0.3 is 0 Å². The number of carbonyl (C=O) groups is 1. The molecule has 1 aromatic heterocycles. The van der Waals surface area contributed by atoms with Crippen LogP contribution in [-0.4, -0.2) is 51.8 Å². The lowest BCUT2D eigenvalue weighted by Crippen LogP contribution is -2.23. The highest BCUT2D eigenvalue weighted by molar-refractivity contribution is 7.89. The second-order valence-electron chi connectivity index (χ2n) is 7.21. The van der Waals surface area contributed by atoms with Gasteiger partial charge in [-0.3, -0.25) is 4.79 Å². The van der Waals surface area contributed by atoms with Gasteiger partial charge in [0.05, 0.1) is 33.4 Å². The van der Waals surface area contributed by atoms with E-state index in [4.69, 9.17) is 11.6 Å². The molecule has 0 bridgehead atoms.